The van der Waals surface area contributed by atoms with E-state index in [0.29, 0.717) is 11.8 Å². The van der Waals surface area contributed by atoms with Gasteiger partial charge in [0.05, 0.1) is 6.61 Å². The van der Waals surface area contributed by atoms with E-state index in [1.54, 1.807) is 0 Å². The third-order valence-corrected chi connectivity index (χ3v) is 2.96. The van der Waals surface area contributed by atoms with Crippen molar-refractivity contribution in [2.75, 3.05) is 33.8 Å². The highest BCUT2D eigenvalue weighted by Gasteiger charge is 2.04. The molecule has 17 heavy (non-hydrogen) atoms. The first-order chi connectivity index (χ1) is 8.22. The molecule has 1 aromatic heterocycles. The van der Waals surface area contributed by atoms with Crippen LogP contribution < -0.4 is 10.1 Å². The van der Waals surface area contributed by atoms with Gasteiger partial charge >= 0.3 is 0 Å². The van der Waals surface area contributed by atoms with Crippen LogP contribution >= 0.6 is 11.3 Å². The molecule has 0 saturated carbocycles. The number of nitrogens with one attached hydrogen (secondary N) is 1. The summed E-state index contributed by atoms with van der Waals surface area (Å²) in [4.78, 5) is 2.14. The molecule has 0 aliphatic carbocycles. The molecular weight excluding hydrogens is 236 g/mol. The Morgan fingerprint density at radius 3 is 2.88 bits per heavy atom. The van der Waals surface area contributed by atoms with E-state index in [1.807, 2.05) is 0 Å². The second-order valence-electron chi connectivity index (χ2n) is 4.14. The van der Waals surface area contributed by atoms with E-state index >= 15 is 0 Å². The minimum absolute atomic E-state index is 0.678. The average molecular weight is 258 g/mol. The van der Waals surface area contributed by atoms with Crippen LogP contribution in [0.3, 0.4) is 0 Å². The van der Waals surface area contributed by atoms with Crippen LogP contribution in [0.4, 0.5) is 0 Å². The molecule has 0 aliphatic heterocycles. The normalized spacial score (nSPS) is 11.1. The summed E-state index contributed by atoms with van der Waals surface area (Å²) in [6.45, 7) is 5.68. The highest BCUT2D eigenvalue weighted by molar-refractivity contribution is 7.13. The molecule has 0 aliphatic rings. The Morgan fingerprint density at radius 1 is 1.35 bits per heavy atom. The molecule has 0 spiro atoms. The van der Waals surface area contributed by atoms with Gasteiger partial charge in [0.2, 0.25) is 0 Å². The molecule has 0 saturated heterocycles. The predicted octanol–water partition coefficient (Wildman–Crippen LogP) is 1.37. The van der Waals surface area contributed by atoms with E-state index in [1.165, 1.54) is 11.3 Å². The minimum Gasteiger partial charge on any atom is -0.469 e. The third kappa shape index (κ3) is 6.55. The number of ether oxygens (including phenoxy) is 1. The zero-order valence-electron chi connectivity index (χ0n) is 10.9. The van der Waals surface area contributed by atoms with E-state index in [4.69, 9.17) is 4.74 Å². The Morgan fingerprint density at radius 2 is 2.18 bits per heavy atom. The minimum atomic E-state index is 0.678. The first-order valence-corrected chi connectivity index (χ1v) is 6.84. The lowest BCUT2D eigenvalue weighted by atomic mass is 10.4. The molecule has 98 valence electrons. The number of rotatable bonds is 9. The molecule has 5 nitrogen and oxygen atoms in total. The molecule has 0 amide bonds. The highest BCUT2D eigenvalue weighted by atomic mass is 32.1. The van der Waals surface area contributed by atoms with Gasteiger partial charge in [0.1, 0.15) is 5.01 Å². The molecule has 0 radical (unpaired) electrons. The fourth-order valence-corrected chi connectivity index (χ4v) is 1.96. The van der Waals surface area contributed by atoms with Gasteiger partial charge in [-0.3, -0.25) is 0 Å². The van der Waals surface area contributed by atoms with Gasteiger partial charge in [-0.15, -0.1) is 10.2 Å². The van der Waals surface area contributed by atoms with Gasteiger partial charge in [-0.25, -0.2) is 0 Å². The van der Waals surface area contributed by atoms with Crippen molar-refractivity contribution < 1.29 is 4.74 Å². The topological polar surface area (TPSA) is 50.3 Å². The Labute approximate surface area is 107 Å². The molecule has 0 fully saturated rings. The molecule has 1 heterocycles. The van der Waals surface area contributed by atoms with Crippen molar-refractivity contribution in [1.82, 2.24) is 20.4 Å². The van der Waals surface area contributed by atoms with Crippen LogP contribution in [0.15, 0.2) is 0 Å². The van der Waals surface area contributed by atoms with Crippen LogP contribution in [0, 0.1) is 0 Å². The summed E-state index contributed by atoms with van der Waals surface area (Å²) in [6.07, 6.45) is 2.14. The van der Waals surface area contributed by atoms with Crippen LogP contribution in [0.1, 0.15) is 24.8 Å². The van der Waals surface area contributed by atoms with E-state index < -0.39 is 0 Å². The maximum atomic E-state index is 5.53. The Bertz CT molecular complexity index is 303. The van der Waals surface area contributed by atoms with Crippen molar-refractivity contribution in [3.05, 3.63) is 5.01 Å². The Balaban J connectivity index is 2.16. The summed E-state index contributed by atoms with van der Waals surface area (Å²) >= 11 is 1.52. The predicted molar refractivity (Wildman–Crippen MR) is 70.6 cm³/mol. The monoisotopic (exact) mass is 258 g/mol. The number of aromatic nitrogens is 2. The van der Waals surface area contributed by atoms with Gasteiger partial charge in [-0.2, -0.15) is 0 Å². The van der Waals surface area contributed by atoms with E-state index in [0.717, 1.165) is 37.5 Å². The standard InChI is InChI=1S/C11H22N4OS/c1-4-6-12-9-10-13-14-11(17-10)16-8-5-7-15(2)3/h12H,4-9H2,1-3H3. The number of hydrogen-bond donors (Lipinski definition) is 1. The molecule has 0 atom stereocenters. The largest absolute Gasteiger partial charge is 0.469 e. The summed E-state index contributed by atoms with van der Waals surface area (Å²) in [5.41, 5.74) is 0. The maximum absolute atomic E-state index is 5.53. The fourth-order valence-electron chi connectivity index (χ4n) is 1.28. The van der Waals surface area contributed by atoms with Gasteiger partial charge in [-0.05, 0) is 33.5 Å². The van der Waals surface area contributed by atoms with Gasteiger partial charge in [-0.1, -0.05) is 18.3 Å². The first-order valence-electron chi connectivity index (χ1n) is 6.03. The highest BCUT2D eigenvalue weighted by Crippen LogP contribution is 2.17. The van der Waals surface area contributed by atoms with Gasteiger partial charge in [0.25, 0.3) is 5.19 Å². The summed E-state index contributed by atoms with van der Waals surface area (Å²) in [5, 5.41) is 13.0. The number of nitrogens with zero attached hydrogens (tertiary/aromatic N) is 3. The van der Waals surface area contributed by atoms with E-state index in [9.17, 15) is 0 Å². The molecule has 1 aromatic rings. The second-order valence-corrected chi connectivity index (χ2v) is 5.17. The van der Waals surface area contributed by atoms with Crippen LogP contribution in [-0.4, -0.2) is 48.9 Å². The molecule has 6 heteroatoms. The zero-order valence-corrected chi connectivity index (χ0v) is 11.7. The lowest BCUT2D eigenvalue weighted by Gasteiger charge is -2.08. The zero-order chi connectivity index (χ0) is 12.5. The molecule has 0 unspecified atom stereocenters. The van der Waals surface area contributed by atoms with Crippen molar-refractivity contribution in [1.29, 1.82) is 0 Å². The van der Waals surface area contributed by atoms with Gasteiger partial charge in [0.15, 0.2) is 0 Å². The van der Waals surface area contributed by atoms with Crippen LogP contribution in [0.5, 0.6) is 5.19 Å². The van der Waals surface area contributed by atoms with Crippen molar-refractivity contribution >= 4 is 11.3 Å². The second kappa shape index (κ2) is 8.38. The molecule has 0 aromatic carbocycles. The fraction of sp³-hybridized carbons (Fsp3) is 0.818. The lowest BCUT2D eigenvalue weighted by Crippen LogP contribution is -2.15. The van der Waals surface area contributed by atoms with Crippen LogP contribution in [0.25, 0.3) is 0 Å². The average Bonchev–Trinajstić information content (AvgIpc) is 2.73. The summed E-state index contributed by atoms with van der Waals surface area (Å²) in [6, 6.07) is 0. The smallest absolute Gasteiger partial charge is 0.294 e. The maximum Gasteiger partial charge on any atom is 0.294 e. The molecule has 0 bridgehead atoms. The number of hydrogen-bond acceptors (Lipinski definition) is 6. The van der Waals surface area contributed by atoms with Gasteiger partial charge < -0.3 is 15.0 Å². The summed E-state index contributed by atoms with van der Waals surface area (Å²) < 4.78 is 5.53. The summed E-state index contributed by atoms with van der Waals surface area (Å²) in [7, 11) is 4.12. The summed E-state index contributed by atoms with van der Waals surface area (Å²) in [5.74, 6) is 0. The Hall–Kier alpha value is -0.720. The quantitative estimate of drug-likeness (QED) is 0.678. The lowest BCUT2D eigenvalue weighted by molar-refractivity contribution is 0.279. The van der Waals surface area contributed by atoms with E-state index in [2.05, 4.69) is 41.4 Å². The Kier molecular flexibility index (Phi) is 7.07. The first kappa shape index (κ1) is 14.3. The van der Waals surface area contributed by atoms with Crippen molar-refractivity contribution in [3.63, 3.8) is 0 Å². The van der Waals surface area contributed by atoms with Crippen molar-refractivity contribution in [2.45, 2.75) is 26.3 Å². The molecule has 1 N–H and O–H groups in total. The van der Waals surface area contributed by atoms with Crippen molar-refractivity contribution in [3.8, 4) is 5.19 Å². The van der Waals surface area contributed by atoms with Crippen LogP contribution in [0.2, 0.25) is 0 Å². The SMILES string of the molecule is CCCNCc1nnc(OCCCN(C)C)s1. The molecule has 1 rings (SSSR count). The molecular formula is C11H22N4OS. The van der Waals surface area contributed by atoms with E-state index in [-0.39, 0.29) is 0 Å². The third-order valence-electron chi connectivity index (χ3n) is 2.13. The van der Waals surface area contributed by atoms with Gasteiger partial charge in [0, 0.05) is 13.1 Å². The van der Waals surface area contributed by atoms with Crippen LogP contribution in [-0.2, 0) is 6.54 Å². The van der Waals surface area contributed by atoms with Crippen molar-refractivity contribution in [2.24, 2.45) is 0 Å².